The molecule has 10 nitrogen and oxygen atoms in total. The third-order valence-corrected chi connectivity index (χ3v) is 7.50. The van der Waals surface area contributed by atoms with Crippen LogP contribution in [0.15, 0.2) is 47.0 Å². The highest BCUT2D eigenvalue weighted by Gasteiger charge is 2.26. The molecule has 5 rings (SSSR count). The van der Waals surface area contributed by atoms with Crippen LogP contribution in [0.3, 0.4) is 0 Å². The molecule has 2 aliphatic heterocycles. The Morgan fingerprint density at radius 3 is 2.41 bits per heavy atom. The highest BCUT2D eigenvalue weighted by molar-refractivity contribution is 5.78. The van der Waals surface area contributed by atoms with Gasteiger partial charge in [-0.2, -0.15) is 4.98 Å². The van der Waals surface area contributed by atoms with Gasteiger partial charge in [0.05, 0.1) is 34.0 Å². The van der Waals surface area contributed by atoms with Gasteiger partial charge < -0.3 is 24.1 Å². The van der Waals surface area contributed by atoms with E-state index in [-0.39, 0.29) is 11.8 Å². The maximum atomic E-state index is 13.0. The molecule has 1 aromatic heterocycles. The van der Waals surface area contributed by atoms with Gasteiger partial charge in [0.15, 0.2) is 11.5 Å². The van der Waals surface area contributed by atoms with E-state index < -0.39 is 0 Å². The van der Waals surface area contributed by atoms with E-state index in [0.717, 1.165) is 64.3 Å². The summed E-state index contributed by atoms with van der Waals surface area (Å²) < 4.78 is 21.7. The van der Waals surface area contributed by atoms with Gasteiger partial charge in [0.1, 0.15) is 0 Å². The number of amides is 1. The molecular formula is C29H37N5O5. The molecule has 0 bridgehead atoms. The van der Waals surface area contributed by atoms with Gasteiger partial charge in [-0.25, -0.2) is 0 Å². The first-order chi connectivity index (χ1) is 19.1. The number of carbonyl (C=O) groups is 1. The van der Waals surface area contributed by atoms with E-state index in [2.05, 4.69) is 43.5 Å². The minimum atomic E-state index is 0.0117. The molecule has 2 fully saturated rings. The second-order valence-electron chi connectivity index (χ2n) is 10.0. The lowest BCUT2D eigenvalue weighted by Crippen LogP contribution is -2.40. The standard InChI is InChI=1S/C29H37N5O5/c1-36-25-8-7-22(17-26(25)37-2)28-31-27(39-32-28)20-33-11-9-21(10-12-33)29(35)30-18-23-5-3-4-6-24(23)19-34-13-15-38-16-14-34/h3-8,17,21H,9-16,18-20H2,1-2H3,(H,30,35). The quantitative estimate of drug-likeness (QED) is 0.420. The van der Waals surface area contributed by atoms with Crippen LogP contribution in [0.5, 0.6) is 11.5 Å². The van der Waals surface area contributed by atoms with Crippen molar-refractivity contribution in [3.05, 3.63) is 59.5 Å². The van der Waals surface area contributed by atoms with Gasteiger partial charge in [-0.05, 0) is 55.3 Å². The summed E-state index contributed by atoms with van der Waals surface area (Å²) in [6.07, 6.45) is 1.61. The zero-order valence-corrected chi connectivity index (χ0v) is 22.7. The van der Waals surface area contributed by atoms with E-state index in [9.17, 15) is 4.79 Å². The summed E-state index contributed by atoms with van der Waals surface area (Å²) in [5.74, 6) is 2.46. The maximum absolute atomic E-state index is 13.0. The molecule has 1 N–H and O–H groups in total. The fourth-order valence-electron chi connectivity index (χ4n) is 5.17. The van der Waals surface area contributed by atoms with Crippen molar-refractivity contribution < 1.29 is 23.5 Å². The Bertz CT molecular complexity index is 1230. The molecule has 2 aromatic carbocycles. The second-order valence-corrected chi connectivity index (χ2v) is 10.0. The number of nitrogens with zero attached hydrogens (tertiary/aromatic N) is 4. The molecule has 1 amide bonds. The van der Waals surface area contributed by atoms with Crippen LogP contribution in [0.4, 0.5) is 0 Å². The maximum Gasteiger partial charge on any atom is 0.241 e. The fraction of sp³-hybridized carbons (Fsp3) is 0.483. The molecule has 2 saturated heterocycles. The number of aromatic nitrogens is 2. The van der Waals surface area contributed by atoms with E-state index in [0.29, 0.717) is 36.3 Å². The lowest BCUT2D eigenvalue weighted by Gasteiger charge is -2.30. The van der Waals surface area contributed by atoms with Gasteiger partial charge in [0, 0.05) is 37.7 Å². The van der Waals surface area contributed by atoms with Crippen LogP contribution in [0.25, 0.3) is 11.4 Å². The van der Waals surface area contributed by atoms with Crippen molar-refractivity contribution in [2.45, 2.75) is 32.5 Å². The van der Waals surface area contributed by atoms with Gasteiger partial charge in [0.25, 0.3) is 0 Å². The number of hydrogen-bond acceptors (Lipinski definition) is 9. The molecule has 0 unspecified atom stereocenters. The average Bonchev–Trinajstić information content (AvgIpc) is 3.45. The van der Waals surface area contributed by atoms with Crippen LogP contribution in [0.2, 0.25) is 0 Å². The summed E-state index contributed by atoms with van der Waals surface area (Å²) in [6.45, 7) is 7.06. The summed E-state index contributed by atoms with van der Waals surface area (Å²) in [4.78, 5) is 22.2. The van der Waals surface area contributed by atoms with Crippen molar-refractivity contribution in [2.75, 3.05) is 53.6 Å². The van der Waals surface area contributed by atoms with Crippen molar-refractivity contribution in [1.82, 2.24) is 25.3 Å². The van der Waals surface area contributed by atoms with E-state index in [1.165, 1.54) is 11.1 Å². The highest BCUT2D eigenvalue weighted by Crippen LogP contribution is 2.31. The van der Waals surface area contributed by atoms with Crippen LogP contribution >= 0.6 is 0 Å². The van der Waals surface area contributed by atoms with E-state index >= 15 is 0 Å². The predicted molar refractivity (Wildman–Crippen MR) is 145 cm³/mol. The summed E-state index contributed by atoms with van der Waals surface area (Å²) in [5.41, 5.74) is 3.24. The predicted octanol–water partition coefficient (Wildman–Crippen LogP) is 3.11. The molecule has 3 heterocycles. The molecular weight excluding hydrogens is 498 g/mol. The van der Waals surface area contributed by atoms with Gasteiger partial charge in [-0.1, -0.05) is 29.4 Å². The number of benzene rings is 2. The summed E-state index contributed by atoms with van der Waals surface area (Å²) in [6, 6.07) is 13.9. The Morgan fingerprint density at radius 2 is 1.67 bits per heavy atom. The largest absolute Gasteiger partial charge is 0.493 e. The van der Waals surface area contributed by atoms with Crippen molar-refractivity contribution in [3.63, 3.8) is 0 Å². The number of likely N-dealkylation sites (tertiary alicyclic amines) is 1. The van der Waals surface area contributed by atoms with Gasteiger partial charge in [-0.15, -0.1) is 0 Å². The Labute approximate surface area is 229 Å². The van der Waals surface area contributed by atoms with Crippen molar-refractivity contribution in [2.24, 2.45) is 5.92 Å². The number of piperidine rings is 1. The minimum absolute atomic E-state index is 0.0117. The zero-order valence-electron chi connectivity index (χ0n) is 22.7. The Balaban J connectivity index is 1.09. The third kappa shape index (κ3) is 6.95. The molecule has 0 spiro atoms. The van der Waals surface area contributed by atoms with Crippen LogP contribution in [-0.4, -0.2) is 79.5 Å². The first-order valence-electron chi connectivity index (χ1n) is 13.5. The molecule has 0 aliphatic carbocycles. The number of methoxy groups -OCH3 is 2. The van der Waals surface area contributed by atoms with E-state index in [1.54, 1.807) is 14.2 Å². The Morgan fingerprint density at radius 1 is 0.949 bits per heavy atom. The molecule has 208 valence electrons. The molecule has 0 radical (unpaired) electrons. The van der Waals surface area contributed by atoms with Gasteiger partial charge >= 0.3 is 0 Å². The number of morpholine rings is 1. The SMILES string of the molecule is COc1ccc(-c2noc(CN3CCC(C(=O)NCc4ccccc4CN4CCOCC4)CC3)n2)cc1OC. The number of ether oxygens (including phenoxy) is 3. The van der Waals surface area contributed by atoms with Crippen molar-refractivity contribution in [1.29, 1.82) is 0 Å². The molecule has 3 aromatic rings. The van der Waals surface area contributed by atoms with Crippen molar-refractivity contribution in [3.8, 4) is 22.9 Å². The first-order valence-corrected chi connectivity index (χ1v) is 13.5. The topological polar surface area (TPSA) is 102 Å². The Hall–Kier alpha value is -3.47. The summed E-state index contributed by atoms with van der Waals surface area (Å²) >= 11 is 0. The minimum Gasteiger partial charge on any atom is -0.493 e. The smallest absolute Gasteiger partial charge is 0.241 e. The average molecular weight is 536 g/mol. The lowest BCUT2D eigenvalue weighted by molar-refractivity contribution is -0.126. The molecule has 0 saturated carbocycles. The highest BCUT2D eigenvalue weighted by atomic mass is 16.5. The van der Waals surface area contributed by atoms with Crippen LogP contribution in [0, 0.1) is 5.92 Å². The third-order valence-electron chi connectivity index (χ3n) is 7.50. The summed E-state index contributed by atoms with van der Waals surface area (Å²) in [7, 11) is 3.20. The molecule has 10 heteroatoms. The van der Waals surface area contributed by atoms with Gasteiger partial charge in [0.2, 0.25) is 17.6 Å². The van der Waals surface area contributed by atoms with Crippen molar-refractivity contribution >= 4 is 5.91 Å². The zero-order chi connectivity index (χ0) is 27.0. The number of nitrogens with one attached hydrogen (secondary N) is 1. The van der Waals surface area contributed by atoms with Crippen LogP contribution < -0.4 is 14.8 Å². The van der Waals surface area contributed by atoms with Crippen LogP contribution in [-0.2, 0) is 29.2 Å². The van der Waals surface area contributed by atoms with E-state index in [1.807, 2.05) is 24.3 Å². The van der Waals surface area contributed by atoms with E-state index in [4.69, 9.17) is 18.7 Å². The second kappa shape index (κ2) is 13.1. The number of carbonyl (C=O) groups excluding carboxylic acids is 1. The lowest BCUT2D eigenvalue weighted by atomic mass is 9.95. The van der Waals surface area contributed by atoms with Gasteiger partial charge in [-0.3, -0.25) is 14.6 Å². The normalized spacial score (nSPS) is 17.2. The fourth-order valence-corrected chi connectivity index (χ4v) is 5.17. The molecule has 0 atom stereocenters. The molecule has 2 aliphatic rings. The monoisotopic (exact) mass is 535 g/mol. The Kier molecular flexibility index (Phi) is 9.08. The summed E-state index contributed by atoms with van der Waals surface area (Å²) in [5, 5.41) is 7.33. The first kappa shape index (κ1) is 27.1. The number of rotatable bonds is 10. The number of hydrogen-bond donors (Lipinski definition) is 1. The van der Waals surface area contributed by atoms with Crippen LogP contribution in [0.1, 0.15) is 29.9 Å². The molecule has 39 heavy (non-hydrogen) atoms.